The largest absolute Gasteiger partial charge is 0.435 e. The molecule has 7 heteroatoms. The minimum atomic E-state index is -2.88. The van der Waals surface area contributed by atoms with Gasteiger partial charge in [0, 0.05) is 11.3 Å². The number of hydrogen-bond acceptors (Lipinski definition) is 4. The monoisotopic (exact) mass is 381 g/mol. The second-order valence-electron chi connectivity index (χ2n) is 5.41. The molecule has 0 aliphatic carbocycles. The molecular weight excluding hydrogens is 364 g/mol. The van der Waals surface area contributed by atoms with Crippen molar-refractivity contribution in [1.29, 1.82) is 0 Å². The second-order valence-corrected chi connectivity index (χ2v) is 8.13. The average molecular weight is 381 g/mol. The van der Waals surface area contributed by atoms with Gasteiger partial charge in [-0.15, -0.1) is 23.5 Å². The van der Waals surface area contributed by atoms with E-state index >= 15 is 0 Å². The molecule has 0 radical (unpaired) electrons. The highest BCUT2D eigenvalue weighted by Gasteiger charge is 2.17. The second kappa shape index (κ2) is 8.58. The summed E-state index contributed by atoms with van der Waals surface area (Å²) in [6, 6.07) is 13.5. The predicted molar refractivity (Wildman–Crippen MR) is 99.7 cm³/mol. The fraction of sp³-hybridized carbons (Fsp3) is 0.278. The van der Waals surface area contributed by atoms with Gasteiger partial charge in [-0.2, -0.15) is 8.78 Å². The Balaban J connectivity index is 1.66. The van der Waals surface area contributed by atoms with Crippen molar-refractivity contribution in [1.82, 2.24) is 0 Å². The van der Waals surface area contributed by atoms with E-state index in [9.17, 15) is 13.6 Å². The van der Waals surface area contributed by atoms with Crippen LogP contribution in [0.15, 0.2) is 48.5 Å². The summed E-state index contributed by atoms with van der Waals surface area (Å²) >= 11 is 3.84. The molecule has 0 bridgehead atoms. The fourth-order valence-corrected chi connectivity index (χ4v) is 5.31. The highest BCUT2D eigenvalue weighted by atomic mass is 32.2. The summed E-state index contributed by atoms with van der Waals surface area (Å²) in [7, 11) is 0. The van der Waals surface area contributed by atoms with E-state index in [1.807, 2.05) is 41.7 Å². The molecule has 0 saturated carbocycles. The molecule has 0 spiro atoms. The topological polar surface area (TPSA) is 38.3 Å². The Morgan fingerprint density at radius 2 is 1.84 bits per heavy atom. The van der Waals surface area contributed by atoms with Gasteiger partial charge in [0.05, 0.1) is 4.58 Å². The Hall–Kier alpha value is -1.73. The van der Waals surface area contributed by atoms with Crippen molar-refractivity contribution in [2.24, 2.45) is 0 Å². The van der Waals surface area contributed by atoms with E-state index in [2.05, 4.69) is 16.1 Å². The summed E-state index contributed by atoms with van der Waals surface area (Å²) < 4.78 is 29.0. The predicted octanol–water partition coefficient (Wildman–Crippen LogP) is 5.41. The number of carbonyl (C=O) groups excluding carboxylic acids is 1. The summed E-state index contributed by atoms with van der Waals surface area (Å²) in [5.74, 6) is 2.05. The fourth-order valence-electron chi connectivity index (χ4n) is 2.43. The van der Waals surface area contributed by atoms with Crippen molar-refractivity contribution in [3.05, 3.63) is 59.7 Å². The molecule has 0 unspecified atom stereocenters. The zero-order valence-electron chi connectivity index (χ0n) is 13.3. The van der Waals surface area contributed by atoms with Crippen LogP contribution in [-0.4, -0.2) is 24.0 Å². The lowest BCUT2D eigenvalue weighted by Gasteiger charge is -2.21. The molecule has 0 atom stereocenters. The number of benzene rings is 2. The quantitative estimate of drug-likeness (QED) is 0.752. The van der Waals surface area contributed by atoms with Gasteiger partial charge in [-0.1, -0.05) is 12.1 Å². The van der Waals surface area contributed by atoms with Crippen LogP contribution >= 0.6 is 23.5 Å². The molecule has 1 aliphatic rings. The molecule has 1 fully saturated rings. The van der Waals surface area contributed by atoms with Crippen LogP contribution in [0.3, 0.4) is 0 Å². The third-order valence-electron chi connectivity index (χ3n) is 3.59. The first-order chi connectivity index (χ1) is 12.1. The van der Waals surface area contributed by atoms with Crippen molar-refractivity contribution >= 4 is 35.1 Å². The summed E-state index contributed by atoms with van der Waals surface area (Å²) in [6.07, 6.45) is 1.23. The number of halogens is 2. The van der Waals surface area contributed by atoms with Gasteiger partial charge in [0.25, 0.3) is 5.91 Å². The Bertz CT molecular complexity index is 719. The number of rotatable bonds is 5. The van der Waals surface area contributed by atoms with Crippen LogP contribution in [-0.2, 0) is 0 Å². The Kier molecular flexibility index (Phi) is 6.20. The lowest BCUT2D eigenvalue weighted by molar-refractivity contribution is -0.0498. The molecule has 0 aromatic heterocycles. The molecule has 3 rings (SSSR count). The molecular formula is C18H17F2NO2S2. The van der Waals surface area contributed by atoms with Crippen molar-refractivity contribution in [2.45, 2.75) is 17.6 Å². The summed E-state index contributed by atoms with van der Waals surface area (Å²) in [5, 5.41) is 2.85. The van der Waals surface area contributed by atoms with E-state index in [1.54, 1.807) is 0 Å². The Morgan fingerprint density at radius 3 is 2.52 bits per heavy atom. The van der Waals surface area contributed by atoms with Gasteiger partial charge in [-0.25, -0.2) is 0 Å². The number of nitrogens with one attached hydrogen (secondary N) is 1. The molecule has 25 heavy (non-hydrogen) atoms. The highest BCUT2D eigenvalue weighted by molar-refractivity contribution is 8.16. The van der Waals surface area contributed by atoms with Gasteiger partial charge in [0.15, 0.2) is 0 Å². The maximum absolute atomic E-state index is 12.3. The highest BCUT2D eigenvalue weighted by Crippen LogP contribution is 2.44. The van der Waals surface area contributed by atoms with Crippen LogP contribution in [0.25, 0.3) is 0 Å². The average Bonchev–Trinajstić information content (AvgIpc) is 2.63. The standard InChI is InChI=1S/C18H17F2NO2S2/c19-18(20)23-15-7-5-12(6-8-15)16(22)21-14-4-1-3-13(11-14)17-24-9-2-10-25-17/h1,3-8,11,17-18H,2,9-10H2,(H,21,22). The van der Waals surface area contributed by atoms with E-state index in [4.69, 9.17) is 0 Å². The van der Waals surface area contributed by atoms with Crippen LogP contribution in [0.4, 0.5) is 14.5 Å². The molecule has 1 aliphatic heterocycles. The lowest BCUT2D eigenvalue weighted by atomic mass is 10.2. The number of thioether (sulfide) groups is 2. The minimum Gasteiger partial charge on any atom is -0.435 e. The Labute approximate surface area is 153 Å². The number of hydrogen-bond donors (Lipinski definition) is 1. The van der Waals surface area contributed by atoms with Gasteiger partial charge in [0.2, 0.25) is 0 Å². The van der Waals surface area contributed by atoms with E-state index < -0.39 is 6.61 Å². The Morgan fingerprint density at radius 1 is 1.12 bits per heavy atom. The maximum Gasteiger partial charge on any atom is 0.387 e. The normalized spacial score (nSPS) is 15.2. The van der Waals surface area contributed by atoms with Gasteiger partial charge in [-0.05, 0) is 59.9 Å². The number of carbonyl (C=O) groups is 1. The molecule has 1 saturated heterocycles. The SMILES string of the molecule is O=C(Nc1cccc(C2SCCCS2)c1)c1ccc(OC(F)F)cc1. The molecule has 2 aromatic carbocycles. The van der Waals surface area contributed by atoms with Crippen LogP contribution < -0.4 is 10.1 Å². The van der Waals surface area contributed by atoms with E-state index in [-0.39, 0.29) is 11.7 Å². The first-order valence-electron chi connectivity index (χ1n) is 7.81. The van der Waals surface area contributed by atoms with Crippen molar-refractivity contribution in [3.63, 3.8) is 0 Å². The van der Waals surface area contributed by atoms with Crippen molar-refractivity contribution in [3.8, 4) is 5.75 Å². The van der Waals surface area contributed by atoms with Crippen LogP contribution in [0, 0.1) is 0 Å². The van der Waals surface area contributed by atoms with Crippen molar-refractivity contribution in [2.75, 3.05) is 16.8 Å². The van der Waals surface area contributed by atoms with E-state index in [1.165, 1.54) is 36.2 Å². The first-order valence-corrected chi connectivity index (χ1v) is 9.91. The minimum absolute atomic E-state index is 0.0277. The van der Waals surface area contributed by atoms with Crippen LogP contribution in [0.5, 0.6) is 5.75 Å². The molecule has 1 N–H and O–H groups in total. The maximum atomic E-state index is 12.3. The number of alkyl halides is 2. The summed E-state index contributed by atoms with van der Waals surface area (Å²) in [6.45, 7) is -2.88. The third kappa shape index (κ3) is 5.12. The van der Waals surface area contributed by atoms with Crippen molar-refractivity contribution < 1.29 is 18.3 Å². The third-order valence-corrected chi connectivity index (χ3v) is 6.60. The molecule has 1 amide bonds. The number of ether oxygens (including phenoxy) is 1. The van der Waals surface area contributed by atoms with E-state index in [0.29, 0.717) is 10.1 Å². The molecule has 3 nitrogen and oxygen atoms in total. The van der Waals surface area contributed by atoms with Gasteiger partial charge in [0.1, 0.15) is 5.75 Å². The lowest BCUT2D eigenvalue weighted by Crippen LogP contribution is -2.12. The zero-order chi connectivity index (χ0) is 17.6. The van der Waals surface area contributed by atoms with E-state index in [0.717, 1.165) is 17.2 Å². The smallest absolute Gasteiger partial charge is 0.387 e. The van der Waals surface area contributed by atoms with Crippen LogP contribution in [0.1, 0.15) is 26.9 Å². The molecule has 2 aromatic rings. The van der Waals surface area contributed by atoms with Gasteiger partial charge in [-0.3, -0.25) is 4.79 Å². The van der Waals surface area contributed by atoms with Crippen LogP contribution in [0.2, 0.25) is 0 Å². The molecule has 132 valence electrons. The zero-order valence-corrected chi connectivity index (χ0v) is 14.9. The summed E-state index contributed by atoms with van der Waals surface area (Å²) in [4.78, 5) is 12.3. The molecule has 1 heterocycles. The van der Waals surface area contributed by atoms with Gasteiger partial charge < -0.3 is 10.1 Å². The first kappa shape index (κ1) is 18.1. The van der Waals surface area contributed by atoms with Gasteiger partial charge >= 0.3 is 6.61 Å². The number of anilines is 1. The summed E-state index contributed by atoms with van der Waals surface area (Å²) in [5.41, 5.74) is 2.30. The number of amides is 1.